The number of aryl methyl sites for hydroxylation is 2. The zero-order valence-electron chi connectivity index (χ0n) is 11.4. The van der Waals surface area contributed by atoms with Crippen LogP contribution in [-0.4, -0.2) is 14.8 Å². The number of halogens is 1. The molecule has 2 heterocycles. The van der Waals surface area contributed by atoms with Gasteiger partial charge < -0.3 is 5.32 Å². The van der Waals surface area contributed by atoms with Gasteiger partial charge in [-0.3, -0.25) is 4.68 Å². The standard InChI is InChI=1S/C15H15BrN4/c1-10-14-6-11(9-18-15(14)20(2)19-10)8-17-13-5-3-4-12(16)7-13/h3-7,9,17H,8H2,1-2H3. The Hall–Kier alpha value is -1.88. The molecule has 3 aromatic rings. The third kappa shape index (κ3) is 2.54. The number of hydrogen-bond acceptors (Lipinski definition) is 3. The van der Waals surface area contributed by atoms with Gasteiger partial charge in [0, 0.05) is 35.3 Å². The minimum Gasteiger partial charge on any atom is -0.381 e. The van der Waals surface area contributed by atoms with Gasteiger partial charge in [0.15, 0.2) is 5.65 Å². The molecule has 2 aromatic heterocycles. The van der Waals surface area contributed by atoms with E-state index in [9.17, 15) is 0 Å². The summed E-state index contributed by atoms with van der Waals surface area (Å²) in [5.41, 5.74) is 4.17. The molecule has 0 bridgehead atoms. The van der Waals surface area contributed by atoms with Crippen LogP contribution < -0.4 is 5.32 Å². The second-order valence-electron chi connectivity index (χ2n) is 4.79. The van der Waals surface area contributed by atoms with Crippen LogP contribution in [0.5, 0.6) is 0 Å². The highest BCUT2D eigenvalue weighted by molar-refractivity contribution is 9.10. The van der Waals surface area contributed by atoms with E-state index in [1.807, 2.05) is 43.0 Å². The number of fused-ring (bicyclic) bond motifs is 1. The quantitative estimate of drug-likeness (QED) is 0.797. The van der Waals surface area contributed by atoms with E-state index in [4.69, 9.17) is 0 Å². The van der Waals surface area contributed by atoms with Crippen molar-refractivity contribution in [2.45, 2.75) is 13.5 Å². The molecule has 5 heteroatoms. The van der Waals surface area contributed by atoms with Gasteiger partial charge in [0.25, 0.3) is 0 Å². The van der Waals surface area contributed by atoms with Gasteiger partial charge in [-0.1, -0.05) is 22.0 Å². The Labute approximate surface area is 126 Å². The first kappa shape index (κ1) is 13.1. The van der Waals surface area contributed by atoms with Gasteiger partial charge in [-0.15, -0.1) is 0 Å². The van der Waals surface area contributed by atoms with Crippen LogP contribution >= 0.6 is 15.9 Å². The van der Waals surface area contributed by atoms with Gasteiger partial charge in [0.05, 0.1) is 5.69 Å². The van der Waals surface area contributed by atoms with Crippen molar-refractivity contribution in [1.29, 1.82) is 0 Å². The largest absolute Gasteiger partial charge is 0.381 e. The van der Waals surface area contributed by atoms with Crippen molar-refractivity contribution < 1.29 is 0 Å². The van der Waals surface area contributed by atoms with Gasteiger partial charge >= 0.3 is 0 Å². The van der Waals surface area contributed by atoms with Crippen LogP contribution in [0, 0.1) is 6.92 Å². The first-order valence-corrected chi connectivity index (χ1v) is 7.20. The van der Waals surface area contributed by atoms with Crippen LogP contribution in [0.3, 0.4) is 0 Å². The molecular weight excluding hydrogens is 316 g/mol. The molecule has 0 aliphatic heterocycles. The maximum atomic E-state index is 4.48. The topological polar surface area (TPSA) is 42.7 Å². The molecular formula is C15H15BrN4. The maximum Gasteiger partial charge on any atom is 0.157 e. The molecule has 0 amide bonds. The Morgan fingerprint density at radius 3 is 2.95 bits per heavy atom. The predicted octanol–water partition coefficient (Wildman–Crippen LogP) is 3.65. The second kappa shape index (κ2) is 5.25. The lowest BCUT2D eigenvalue weighted by Crippen LogP contribution is -2.00. The highest BCUT2D eigenvalue weighted by Gasteiger charge is 2.06. The Bertz CT molecular complexity index is 764. The van der Waals surface area contributed by atoms with E-state index in [-0.39, 0.29) is 0 Å². The summed E-state index contributed by atoms with van der Waals surface area (Å²) in [7, 11) is 1.92. The van der Waals surface area contributed by atoms with Crippen LogP contribution in [0.1, 0.15) is 11.3 Å². The van der Waals surface area contributed by atoms with Gasteiger partial charge in [-0.2, -0.15) is 5.10 Å². The highest BCUT2D eigenvalue weighted by atomic mass is 79.9. The number of anilines is 1. The SMILES string of the molecule is Cc1nn(C)c2ncc(CNc3cccc(Br)c3)cc12. The van der Waals surface area contributed by atoms with Crippen LogP contribution in [0.4, 0.5) is 5.69 Å². The number of aromatic nitrogens is 3. The zero-order valence-corrected chi connectivity index (χ0v) is 13.0. The summed E-state index contributed by atoms with van der Waals surface area (Å²) in [4.78, 5) is 4.48. The molecule has 0 atom stereocenters. The fourth-order valence-corrected chi connectivity index (χ4v) is 2.65. The number of pyridine rings is 1. The number of rotatable bonds is 3. The Balaban J connectivity index is 1.83. The van der Waals surface area contributed by atoms with Crippen LogP contribution in [0.25, 0.3) is 11.0 Å². The Morgan fingerprint density at radius 2 is 2.15 bits per heavy atom. The molecule has 0 aliphatic rings. The summed E-state index contributed by atoms with van der Waals surface area (Å²) in [6.07, 6.45) is 1.90. The van der Waals surface area contributed by atoms with Gasteiger partial charge in [0.2, 0.25) is 0 Å². The molecule has 0 unspecified atom stereocenters. The van der Waals surface area contributed by atoms with Crippen LogP contribution in [0.15, 0.2) is 41.0 Å². The van der Waals surface area contributed by atoms with E-state index in [0.29, 0.717) is 0 Å². The van der Waals surface area contributed by atoms with Crippen LogP contribution in [0.2, 0.25) is 0 Å². The zero-order chi connectivity index (χ0) is 14.1. The number of benzene rings is 1. The predicted molar refractivity (Wildman–Crippen MR) is 84.7 cm³/mol. The lowest BCUT2D eigenvalue weighted by Gasteiger charge is -2.07. The molecule has 1 aromatic carbocycles. The molecule has 0 saturated carbocycles. The third-order valence-electron chi connectivity index (χ3n) is 3.24. The molecule has 20 heavy (non-hydrogen) atoms. The number of nitrogens with one attached hydrogen (secondary N) is 1. The maximum absolute atomic E-state index is 4.48. The molecule has 3 rings (SSSR count). The molecule has 0 fully saturated rings. The number of hydrogen-bond donors (Lipinski definition) is 1. The molecule has 0 saturated heterocycles. The summed E-state index contributed by atoms with van der Waals surface area (Å²) >= 11 is 3.47. The van der Waals surface area contributed by atoms with E-state index in [1.165, 1.54) is 0 Å². The normalized spacial score (nSPS) is 10.9. The molecule has 102 valence electrons. The van der Waals surface area contributed by atoms with E-state index in [1.54, 1.807) is 0 Å². The monoisotopic (exact) mass is 330 g/mol. The second-order valence-corrected chi connectivity index (χ2v) is 5.70. The van der Waals surface area contributed by atoms with Crippen molar-refractivity contribution in [3.8, 4) is 0 Å². The molecule has 0 radical (unpaired) electrons. The van der Waals surface area contributed by atoms with Crippen molar-refractivity contribution in [1.82, 2.24) is 14.8 Å². The first-order chi connectivity index (χ1) is 9.63. The van der Waals surface area contributed by atoms with E-state index in [2.05, 4.69) is 43.5 Å². The highest BCUT2D eigenvalue weighted by Crippen LogP contribution is 2.19. The van der Waals surface area contributed by atoms with Crippen molar-refractivity contribution in [3.05, 3.63) is 52.3 Å². The average Bonchev–Trinajstić information content (AvgIpc) is 2.72. The lowest BCUT2D eigenvalue weighted by atomic mass is 10.2. The molecule has 1 N–H and O–H groups in total. The smallest absolute Gasteiger partial charge is 0.157 e. The summed E-state index contributed by atoms with van der Waals surface area (Å²) in [6.45, 7) is 2.75. The van der Waals surface area contributed by atoms with Crippen molar-refractivity contribution in [2.75, 3.05) is 5.32 Å². The summed E-state index contributed by atoms with van der Waals surface area (Å²) < 4.78 is 2.88. The van der Waals surface area contributed by atoms with Crippen molar-refractivity contribution >= 4 is 32.7 Å². The summed E-state index contributed by atoms with van der Waals surface area (Å²) in [6, 6.07) is 10.3. The summed E-state index contributed by atoms with van der Waals surface area (Å²) in [5.74, 6) is 0. The molecule has 0 spiro atoms. The minimum absolute atomic E-state index is 0.744. The number of nitrogens with zero attached hydrogens (tertiary/aromatic N) is 3. The van der Waals surface area contributed by atoms with Crippen LogP contribution in [-0.2, 0) is 13.6 Å². The first-order valence-electron chi connectivity index (χ1n) is 6.41. The van der Waals surface area contributed by atoms with Gasteiger partial charge in [0.1, 0.15) is 0 Å². The Kier molecular flexibility index (Phi) is 3.44. The molecule has 4 nitrogen and oxygen atoms in total. The van der Waals surface area contributed by atoms with E-state index >= 15 is 0 Å². The van der Waals surface area contributed by atoms with Crippen molar-refractivity contribution in [3.63, 3.8) is 0 Å². The summed E-state index contributed by atoms with van der Waals surface area (Å²) in [5, 5.41) is 8.90. The molecule has 0 aliphatic carbocycles. The fourth-order valence-electron chi connectivity index (χ4n) is 2.25. The van der Waals surface area contributed by atoms with E-state index in [0.717, 1.165) is 39.0 Å². The van der Waals surface area contributed by atoms with Crippen molar-refractivity contribution in [2.24, 2.45) is 7.05 Å². The average molecular weight is 331 g/mol. The third-order valence-corrected chi connectivity index (χ3v) is 3.73. The Morgan fingerprint density at radius 1 is 1.30 bits per heavy atom. The lowest BCUT2D eigenvalue weighted by molar-refractivity contribution is 0.773. The van der Waals surface area contributed by atoms with Gasteiger partial charge in [-0.25, -0.2) is 4.98 Å². The fraction of sp³-hybridized carbons (Fsp3) is 0.200. The minimum atomic E-state index is 0.744. The van der Waals surface area contributed by atoms with E-state index < -0.39 is 0 Å². The van der Waals surface area contributed by atoms with Gasteiger partial charge in [-0.05, 0) is 36.8 Å².